The Balaban J connectivity index is 1.80. The molecule has 5 heteroatoms. The van der Waals surface area contributed by atoms with E-state index in [2.05, 4.69) is 11.8 Å². The SMILES string of the molecule is C#CC1=C(C)/C(=C(\c2ccccc2)c2c(C)c(C#C)c(/C=C/c3ccccc3)n2B(F)F)N=C1/C=C/c1ccccc1. The maximum Gasteiger partial charge on any atom is 0.678 e. The molecule has 1 aromatic heterocycles. The van der Waals surface area contributed by atoms with Gasteiger partial charge in [0.15, 0.2) is 0 Å². The number of hydrogen-bond donors (Lipinski definition) is 0. The average molecular weight is 548 g/mol. The van der Waals surface area contributed by atoms with E-state index in [1.165, 1.54) is 0 Å². The zero-order valence-electron chi connectivity index (χ0n) is 23.4. The molecule has 3 aromatic carbocycles. The molecule has 0 fully saturated rings. The Kier molecular flexibility index (Phi) is 8.33. The normalized spacial score (nSPS) is 14.3. The molecule has 5 rings (SSSR count). The topological polar surface area (TPSA) is 17.3 Å². The second-order valence-corrected chi connectivity index (χ2v) is 9.74. The first-order chi connectivity index (χ1) is 20.4. The van der Waals surface area contributed by atoms with Gasteiger partial charge in [-0.1, -0.05) is 115 Å². The first-order valence-corrected chi connectivity index (χ1v) is 13.5. The maximum atomic E-state index is 15.1. The summed E-state index contributed by atoms with van der Waals surface area (Å²) in [4.78, 5) is 4.95. The van der Waals surface area contributed by atoms with Crippen molar-refractivity contribution in [1.82, 2.24) is 4.48 Å². The van der Waals surface area contributed by atoms with Gasteiger partial charge < -0.3 is 4.48 Å². The van der Waals surface area contributed by atoms with Crippen molar-refractivity contribution in [2.24, 2.45) is 4.99 Å². The van der Waals surface area contributed by atoms with Gasteiger partial charge in [-0.15, -0.1) is 12.8 Å². The maximum absolute atomic E-state index is 15.1. The van der Waals surface area contributed by atoms with E-state index in [1.807, 2.05) is 110 Å². The standard InChI is InChI=1S/C37H27BF2N2/c1-5-31-26(3)36(41-33(31)24-22-28-16-10-7-11-17-28)35(30-20-14-9-15-21-30)37-27(4)32(6-2)34(42(37)38(39)40)25-23-29-18-12-8-13-19-29/h1-2,7-25H,3-4H3/b24-22+,25-23+,36-35-. The molecule has 1 aliphatic heterocycles. The number of aliphatic imine (C=N–C) groups is 1. The van der Waals surface area contributed by atoms with Gasteiger partial charge in [0.1, 0.15) is 0 Å². The molecule has 0 spiro atoms. The van der Waals surface area contributed by atoms with Crippen molar-refractivity contribution in [2.75, 3.05) is 0 Å². The smallest absolute Gasteiger partial charge is 0.324 e. The number of terminal acetylenes is 2. The van der Waals surface area contributed by atoms with E-state index >= 15 is 8.63 Å². The number of benzene rings is 3. The molecule has 42 heavy (non-hydrogen) atoms. The van der Waals surface area contributed by atoms with Crippen molar-refractivity contribution >= 4 is 36.9 Å². The molecule has 0 aliphatic carbocycles. The molecule has 4 aromatic rings. The molecule has 0 unspecified atom stereocenters. The molecule has 0 saturated heterocycles. The minimum atomic E-state index is -2.87. The lowest BCUT2D eigenvalue weighted by Gasteiger charge is -2.16. The summed E-state index contributed by atoms with van der Waals surface area (Å²) in [6, 6.07) is 28.7. The summed E-state index contributed by atoms with van der Waals surface area (Å²) in [5.41, 5.74) is 7.12. The highest BCUT2D eigenvalue weighted by Crippen LogP contribution is 2.40. The van der Waals surface area contributed by atoms with Gasteiger partial charge >= 0.3 is 7.40 Å². The van der Waals surface area contributed by atoms with E-state index in [9.17, 15) is 0 Å². The van der Waals surface area contributed by atoms with Gasteiger partial charge in [-0.3, -0.25) is 8.63 Å². The van der Waals surface area contributed by atoms with Crippen LogP contribution in [0.5, 0.6) is 0 Å². The van der Waals surface area contributed by atoms with E-state index in [0.29, 0.717) is 39.4 Å². The van der Waals surface area contributed by atoms with Crippen molar-refractivity contribution in [3.05, 3.63) is 153 Å². The van der Waals surface area contributed by atoms with Crippen LogP contribution in [0.1, 0.15) is 46.1 Å². The summed E-state index contributed by atoms with van der Waals surface area (Å²) in [5, 5.41) is 0. The Morgan fingerprint density at radius 2 is 1.31 bits per heavy atom. The van der Waals surface area contributed by atoms with Crippen molar-refractivity contribution in [2.45, 2.75) is 13.8 Å². The van der Waals surface area contributed by atoms with Crippen molar-refractivity contribution < 1.29 is 8.63 Å². The summed E-state index contributed by atoms with van der Waals surface area (Å²) in [6.07, 6.45) is 19.2. The number of allylic oxidation sites excluding steroid dienone is 3. The molecule has 1 aliphatic rings. The highest BCUT2D eigenvalue weighted by atomic mass is 19.2. The zero-order valence-corrected chi connectivity index (χ0v) is 23.4. The van der Waals surface area contributed by atoms with E-state index in [1.54, 1.807) is 19.1 Å². The molecule has 202 valence electrons. The molecule has 0 atom stereocenters. The van der Waals surface area contributed by atoms with Gasteiger partial charge in [0, 0.05) is 17.0 Å². The third kappa shape index (κ3) is 5.46. The van der Waals surface area contributed by atoms with Gasteiger partial charge in [0.25, 0.3) is 0 Å². The summed E-state index contributed by atoms with van der Waals surface area (Å²) in [5.74, 6) is 5.44. The second kappa shape index (κ2) is 12.4. The number of aromatic nitrogens is 1. The Morgan fingerprint density at radius 3 is 1.83 bits per heavy atom. The van der Waals surface area contributed by atoms with Crippen LogP contribution in [0.2, 0.25) is 0 Å². The van der Waals surface area contributed by atoms with Crippen molar-refractivity contribution in [3.63, 3.8) is 0 Å². The first-order valence-electron chi connectivity index (χ1n) is 13.5. The molecule has 2 nitrogen and oxygen atoms in total. The van der Waals surface area contributed by atoms with Crippen LogP contribution in [0, 0.1) is 31.6 Å². The number of rotatable bonds is 7. The van der Waals surface area contributed by atoms with Crippen LogP contribution in [-0.2, 0) is 0 Å². The first kappa shape index (κ1) is 28.2. The molecule has 2 heterocycles. The summed E-state index contributed by atoms with van der Waals surface area (Å²) >= 11 is 0. The second-order valence-electron chi connectivity index (χ2n) is 9.74. The van der Waals surface area contributed by atoms with E-state index in [-0.39, 0.29) is 5.69 Å². The number of halogens is 2. The summed E-state index contributed by atoms with van der Waals surface area (Å²) < 4.78 is 31.2. The molecular weight excluding hydrogens is 521 g/mol. The van der Waals surface area contributed by atoms with E-state index in [0.717, 1.165) is 26.7 Å². The number of hydrogen-bond acceptors (Lipinski definition) is 1. The Morgan fingerprint density at radius 1 is 0.762 bits per heavy atom. The van der Waals surface area contributed by atoms with Crippen LogP contribution in [0.15, 0.2) is 119 Å². The number of nitrogens with zero attached hydrogens (tertiary/aromatic N) is 2. The predicted octanol–water partition coefficient (Wildman–Crippen LogP) is 8.60. The van der Waals surface area contributed by atoms with Gasteiger partial charge in [0.2, 0.25) is 0 Å². The molecule has 0 N–H and O–H groups in total. The quantitative estimate of drug-likeness (QED) is 0.163. The van der Waals surface area contributed by atoms with Crippen LogP contribution < -0.4 is 0 Å². The fourth-order valence-corrected chi connectivity index (χ4v) is 5.17. The lowest BCUT2D eigenvalue weighted by atomic mass is 9.93. The highest BCUT2D eigenvalue weighted by molar-refractivity contribution is 6.42. The molecule has 0 radical (unpaired) electrons. The van der Waals surface area contributed by atoms with Crippen LogP contribution in [0.4, 0.5) is 8.63 Å². The average Bonchev–Trinajstić information content (AvgIpc) is 3.49. The third-order valence-corrected chi connectivity index (χ3v) is 7.19. The van der Waals surface area contributed by atoms with Gasteiger partial charge in [-0.05, 0) is 53.8 Å². The summed E-state index contributed by atoms with van der Waals surface area (Å²) in [7, 11) is -2.87. The van der Waals surface area contributed by atoms with Crippen LogP contribution >= 0.6 is 0 Å². The Bertz CT molecular complexity index is 1860. The van der Waals surface area contributed by atoms with E-state index in [4.69, 9.17) is 17.8 Å². The molecule has 0 amide bonds. The van der Waals surface area contributed by atoms with Crippen LogP contribution in [-0.4, -0.2) is 17.6 Å². The fourth-order valence-electron chi connectivity index (χ4n) is 5.17. The minimum Gasteiger partial charge on any atom is -0.324 e. The van der Waals surface area contributed by atoms with Gasteiger partial charge in [0.05, 0.1) is 22.5 Å². The van der Waals surface area contributed by atoms with Gasteiger partial charge in [-0.25, -0.2) is 4.99 Å². The lowest BCUT2D eigenvalue weighted by molar-refractivity contribution is 0.627. The van der Waals surface area contributed by atoms with E-state index < -0.39 is 7.40 Å². The molecular formula is C37H27BF2N2. The third-order valence-electron chi connectivity index (χ3n) is 7.19. The van der Waals surface area contributed by atoms with Crippen LogP contribution in [0.3, 0.4) is 0 Å². The highest BCUT2D eigenvalue weighted by Gasteiger charge is 2.33. The minimum absolute atomic E-state index is 0.253. The largest absolute Gasteiger partial charge is 0.678 e. The lowest BCUT2D eigenvalue weighted by Crippen LogP contribution is -2.18. The Hall–Kier alpha value is -5.39. The fraction of sp³-hybridized carbons (Fsp3) is 0.0541. The summed E-state index contributed by atoms with van der Waals surface area (Å²) in [6.45, 7) is 3.66. The Labute approximate surface area is 246 Å². The van der Waals surface area contributed by atoms with Crippen molar-refractivity contribution in [3.8, 4) is 24.7 Å². The van der Waals surface area contributed by atoms with Gasteiger partial charge in [-0.2, -0.15) is 0 Å². The van der Waals surface area contributed by atoms with Crippen LogP contribution in [0.25, 0.3) is 23.8 Å². The van der Waals surface area contributed by atoms with Crippen molar-refractivity contribution in [1.29, 1.82) is 0 Å². The predicted molar refractivity (Wildman–Crippen MR) is 173 cm³/mol. The zero-order chi connectivity index (χ0) is 29.6. The molecule has 0 saturated carbocycles. The monoisotopic (exact) mass is 548 g/mol. The molecule has 0 bridgehead atoms.